The molecule has 96 valence electrons. The van der Waals surface area contributed by atoms with Crippen LogP contribution in [0.1, 0.15) is 26.2 Å². The first-order valence-electron chi connectivity index (χ1n) is 5.89. The fourth-order valence-electron chi connectivity index (χ4n) is 0.786. The van der Waals surface area contributed by atoms with Crippen LogP contribution in [-0.2, 0) is 0 Å². The van der Waals surface area contributed by atoms with Gasteiger partial charge in [0.1, 0.15) is 0 Å². The number of rotatable bonds is 0. The molecule has 2 rings (SSSR count). The highest BCUT2D eigenvalue weighted by molar-refractivity contribution is 6.19. The normalized spacial score (nSPS) is 12.0. The SMILES string of the molecule is C#CCC.C#CCCl.C1=CCC=C1.C1=CCC=C1. The van der Waals surface area contributed by atoms with Crippen molar-refractivity contribution in [2.75, 3.05) is 5.88 Å². The van der Waals surface area contributed by atoms with Gasteiger partial charge in [-0.1, -0.05) is 61.5 Å². The van der Waals surface area contributed by atoms with Crippen LogP contribution in [0.15, 0.2) is 48.6 Å². The quantitative estimate of drug-likeness (QED) is 0.430. The molecule has 0 nitrogen and oxygen atoms in total. The number of allylic oxidation sites excluding steroid dienone is 8. The van der Waals surface area contributed by atoms with E-state index in [2.05, 4.69) is 66.9 Å². The van der Waals surface area contributed by atoms with Crippen LogP contribution in [0.25, 0.3) is 0 Å². The number of hydrogen-bond acceptors (Lipinski definition) is 0. The van der Waals surface area contributed by atoms with Gasteiger partial charge < -0.3 is 0 Å². The molecule has 0 atom stereocenters. The molecule has 0 bridgehead atoms. The van der Waals surface area contributed by atoms with E-state index in [9.17, 15) is 0 Å². The second-order valence-corrected chi connectivity index (χ2v) is 3.35. The monoisotopic (exact) mass is 260 g/mol. The minimum atomic E-state index is 0.319. The van der Waals surface area contributed by atoms with Crippen molar-refractivity contribution in [1.82, 2.24) is 0 Å². The number of terminal acetylenes is 2. The summed E-state index contributed by atoms with van der Waals surface area (Å²) in [5.74, 6) is 4.95. The zero-order valence-electron chi connectivity index (χ0n) is 11.0. The Hall–Kier alpha value is -1.63. The molecule has 2 aliphatic carbocycles. The average molecular weight is 261 g/mol. The van der Waals surface area contributed by atoms with Crippen molar-refractivity contribution >= 4 is 11.6 Å². The Balaban J connectivity index is 0. The summed E-state index contributed by atoms with van der Waals surface area (Å²) in [5.41, 5.74) is 0. The summed E-state index contributed by atoms with van der Waals surface area (Å²) in [4.78, 5) is 0. The minimum absolute atomic E-state index is 0.319. The third kappa shape index (κ3) is 23.9. The molecule has 18 heavy (non-hydrogen) atoms. The largest absolute Gasteiger partial charge is 0.120 e. The first-order valence-corrected chi connectivity index (χ1v) is 6.43. The highest BCUT2D eigenvalue weighted by Crippen LogP contribution is 1.93. The summed E-state index contributed by atoms with van der Waals surface area (Å²) in [6, 6.07) is 0. The smallest absolute Gasteiger partial charge is 0.0832 e. The summed E-state index contributed by atoms with van der Waals surface area (Å²) >= 11 is 4.95. The van der Waals surface area contributed by atoms with Crippen LogP contribution in [-0.4, -0.2) is 5.88 Å². The first kappa shape index (κ1) is 18.7. The summed E-state index contributed by atoms with van der Waals surface area (Å²) in [6.45, 7) is 1.94. The molecule has 0 unspecified atom stereocenters. The zero-order chi connectivity index (χ0) is 13.9. The average Bonchev–Trinajstić information content (AvgIpc) is 3.14. The molecule has 0 heterocycles. The number of hydrogen-bond donors (Lipinski definition) is 0. The van der Waals surface area contributed by atoms with Gasteiger partial charge in [-0.05, 0) is 12.8 Å². The van der Waals surface area contributed by atoms with Gasteiger partial charge in [-0.15, -0.1) is 30.4 Å². The molecular formula is C17H21Cl. The molecule has 0 aromatic heterocycles. The van der Waals surface area contributed by atoms with Gasteiger partial charge >= 0.3 is 0 Å². The van der Waals surface area contributed by atoms with E-state index in [4.69, 9.17) is 18.0 Å². The second-order valence-electron chi connectivity index (χ2n) is 3.08. The van der Waals surface area contributed by atoms with E-state index in [-0.39, 0.29) is 0 Å². The molecule has 0 N–H and O–H groups in total. The number of halogens is 1. The van der Waals surface area contributed by atoms with Crippen LogP contribution in [0, 0.1) is 24.7 Å². The van der Waals surface area contributed by atoms with Crippen LogP contribution in [0.5, 0.6) is 0 Å². The van der Waals surface area contributed by atoms with Crippen molar-refractivity contribution in [2.24, 2.45) is 0 Å². The Bertz CT molecular complexity index is 287. The molecule has 2 aliphatic rings. The van der Waals surface area contributed by atoms with E-state index >= 15 is 0 Å². The highest BCUT2D eigenvalue weighted by Gasteiger charge is 1.72. The van der Waals surface area contributed by atoms with Gasteiger partial charge in [-0.3, -0.25) is 0 Å². The van der Waals surface area contributed by atoms with Crippen LogP contribution >= 0.6 is 11.6 Å². The maximum atomic E-state index is 4.95. The van der Waals surface area contributed by atoms with Gasteiger partial charge in [0.05, 0.1) is 5.88 Å². The zero-order valence-corrected chi connectivity index (χ0v) is 11.7. The Morgan fingerprint density at radius 3 is 1.22 bits per heavy atom. The minimum Gasteiger partial charge on any atom is -0.120 e. The molecule has 0 saturated carbocycles. The third-order valence-corrected chi connectivity index (χ3v) is 1.75. The van der Waals surface area contributed by atoms with Crippen molar-refractivity contribution in [3.05, 3.63) is 48.6 Å². The van der Waals surface area contributed by atoms with Crippen molar-refractivity contribution in [2.45, 2.75) is 26.2 Å². The summed E-state index contributed by atoms with van der Waals surface area (Å²) < 4.78 is 0. The van der Waals surface area contributed by atoms with Gasteiger partial charge in [-0.25, -0.2) is 0 Å². The van der Waals surface area contributed by atoms with Gasteiger partial charge in [-0.2, -0.15) is 0 Å². The summed E-state index contributed by atoms with van der Waals surface area (Å²) in [7, 11) is 0. The molecule has 0 aliphatic heterocycles. The summed E-state index contributed by atoms with van der Waals surface area (Å²) in [5, 5.41) is 0. The van der Waals surface area contributed by atoms with Gasteiger partial charge in [0.25, 0.3) is 0 Å². The van der Waals surface area contributed by atoms with Crippen molar-refractivity contribution < 1.29 is 0 Å². The Morgan fingerprint density at radius 2 is 1.17 bits per heavy atom. The molecule has 0 spiro atoms. The maximum Gasteiger partial charge on any atom is 0.0832 e. The maximum absolute atomic E-state index is 4.95. The van der Waals surface area contributed by atoms with E-state index in [1.54, 1.807) is 0 Å². The van der Waals surface area contributed by atoms with Crippen molar-refractivity contribution in [1.29, 1.82) is 0 Å². The van der Waals surface area contributed by atoms with Crippen LogP contribution in [0.3, 0.4) is 0 Å². The molecular weight excluding hydrogens is 240 g/mol. The van der Waals surface area contributed by atoms with Crippen molar-refractivity contribution in [3.8, 4) is 24.7 Å². The fraction of sp³-hybridized carbons (Fsp3) is 0.294. The van der Waals surface area contributed by atoms with Crippen LogP contribution < -0.4 is 0 Å². The topological polar surface area (TPSA) is 0 Å². The molecule has 0 aromatic rings. The predicted molar refractivity (Wildman–Crippen MR) is 84.5 cm³/mol. The summed E-state index contributed by atoms with van der Waals surface area (Å²) in [6.07, 6.45) is 29.3. The molecule has 0 aromatic carbocycles. The number of alkyl halides is 1. The van der Waals surface area contributed by atoms with Crippen LogP contribution in [0.2, 0.25) is 0 Å². The predicted octanol–water partition coefficient (Wildman–Crippen LogP) is 4.89. The van der Waals surface area contributed by atoms with Gasteiger partial charge in [0, 0.05) is 6.42 Å². The lowest BCUT2D eigenvalue weighted by Gasteiger charge is -1.57. The third-order valence-electron chi connectivity index (χ3n) is 1.59. The Morgan fingerprint density at radius 1 is 0.889 bits per heavy atom. The lowest BCUT2D eigenvalue weighted by molar-refractivity contribution is 1.28. The molecule has 0 fully saturated rings. The van der Waals surface area contributed by atoms with Gasteiger partial charge in [0.2, 0.25) is 0 Å². The lowest BCUT2D eigenvalue weighted by atomic mass is 10.5. The van der Waals surface area contributed by atoms with Crippen LogP contribution in [0.4, 0.5) is 0 Å². The molecule has 0 saturated heterocycles. The van der Waals surface area contributed by atoms with E-state index in [0.29, 0.717) is 5.88 Å². The first-order chi connectivity index (χ1) is 8.83. The van der Waals surface area contributed by atoms with Gasteiger partial charge in [0.15, 0.2) is 0 Å². The van der Waals surface area contributed by atoms with E-state index in [0.717, 1.165) is 19.3 Å². The van der Waals surface area contributed by atoms with E-state index < -0.39 is 0 Å². The van der Waals surface area contributed by atoms with E-state index in [1.807, 2.05) is 6.92 Å². The lowest BCUT2D eigenvalue weighted by Crippen LogP contribution is -1.47. The second kappa shape index (κ2) is 20.7. The molecule has 0 amide bonds. The Kier molecular flexibility index (Phi) is 21.6. The van der Waals surface area contributed by atoms with Crippen molar-refractivity contribution in [3.63, 3.8) is 0 Å². The van der Waals surface area contributed by atoms with E-state index in [1.165, 1.54) is 0 Å². The molecule has 1 heteroatoms. The Labute approximate surface area is 117 Å². The molecule has 0 radical (unpaired) electrons. The fourth-order valence-corrected chi connectivity index (χ4v) is 0.786. The highest BCUT2D eigenvalue weighted by atomic mass is 35.5. The standard InChI is InChI=1S/2C5H6.C4H6.C3H3Cl/c2*1-2-4-5-3-1;1-3-4-2;1-2-3-4/h2*1-4H,5H2;1H,4H2,2H3;1H,3H2.